The number of carbonyl (C=O) groups is 1. The van der Waals surface area contributed by atoms with Crippen LogP contribution in [0.4, 0.5) is 5.69 Å². The average Bonchev–Trinajstić information content (AvgIpc) is 2.36. The van der Waals surface area contributed by atoms with E-state index in [-0.39, 0.29) is 5.91 Å². The first-order valence-corrected chi connectivity index (χ1v) is 5.86. The Morgan fingerprint density at radius 3 is 2.71 bits per heavy atom. The van der Waals surface area contributed by atoms with E-state index >= 15 is 0 Å². The number of halogens is 2. The molecule has 17 heavy (non-hydrogen) atoms. The number of benzene rings is 1. The Morgan fingerprint density at radius 1 is 1.29 bits per heavy atom. The Balaban J connectivity index is 2.22. The van der Waals surface area contributed by atoms with Gasteiger partial charge in [-0.1, -0.05) is 17.7 Å². The summed E-state index contributed by atoms with van der Waals surface area (Å²) in [6.45, 7) is 0. The first kappa shape index (κ1) is 12.0. The number of hydrogen-bond donors (Lipinski definition) is 1. The molecule has 0 unspecified atom stereocenters. The first-order valence-electron chi connectivity index (χ1n) is 4.69. The Hall–Kier alpha value is -1.46. The van der Waals surface area contributed by atoms with Crippen molar-refractivity contribution in [1.29, 1.82) is 0 Å². The standard InChI is InChI=1S/C11H7BrClN3O/c12-10-8(13)2-1-3-9(10)16-11(17)7-4-14-6-15-5-7/h1-6H,(H,16,17). The monoisotopic (exact) mass is 311 g/mol. The van der Waals surface area contributed by atoms with E-state index in [2.05, 4.69) is 31.2 Å². The highest BCUT2D eigenvalue weighted by Gasteiger charge is 2.09. The largest absolute Gasteiger partial charge is 0.321 e. The van der Waals surface area contributed by atoms with Gasteiger partial charge in [0, 0.05) is 12.4 Å². The van der Waals surface area contributed by atoms with E-state index in [1.807, 2.05) is 0 Å². The number of rotatable bonds is 2. The van der Waals surface area contributed by atoms with Crippen LogP contribution in [0.25, 0.3) is 0 Å². The number of anilines is 1. The van der Waals surface area contributed by atoms with Crippen molar-refractivity contribution in [2.45, 2.75) is 0 Å². The lowest BCUT2D eigenvalue weighted by atomic mass is 10.3. The van der Waals surface area contributed by atoms with Crippen LogP contribution in [-0.2, 0) is 0 Å². The van der Waals surface area contributed by atoms with E-state index in [0.29, 0.717) is 20.7 Å². The molecule has 0 aliphatic heterocycles. The van der Waals surface area contributed by atoms with E-state index in [9.17, 15) is 4.79 Å². The fourth-order valence-electron chi connectivity index (χ4n) is 1.21. The van der Waals surface area contributed by atoms with Crippen molar-refractivity contribution in [3.8, 4) is 0 Å². The lowest BCUT2D eigenvalue weighted by Crippen LogP contribution is -2.12. The van der Waals surface area contributed by atoms with Crippen LogP contribution in [0, 0.1) is 0 Å². The molecule has 0 bridgehead atoms. The maximum absolute atomic E-state index is 11.8. The number of amides is 1. The van der Waals surface area contributed by atoms with Crippen LogP contribution >= 0.6 is 27.5 Å². The predicted molar refractivity (Wildman–Crippen MR) is 69.1 cm³/mol. The van der Waals surface area contributed by atoms with Crippen LogP contribution in [0.5, 0.6) is 0 Å². The van der Waals surface area contributed by atoms with Gasteiger partial charge in [-0.2, -0.15) is 0 Å². The highest BCUT2D eigenvalue weighted by molar-refractivity contribution is 9.10. The second-order valence-electron chi connectivity index (χ2n) is 3.18. The minimum Gasteiger partial charge on any atom is -0.321 e. The summed E-state index contributed by atoms with van der Waals surface area (Å²) < 4.78 is 0.645. The molecule has 1 aromatic heterocycles. The van der Waals surface area contributed by atoms with Crippen molar-refractivity contribution < 1.29 is 4.79 Å². The summed E-state index contributed by atoms with van der Waals surface area (Å²) in [5.41, 5.74) is 0.991. The third-order valence-electron chi connectivity index (χ3n) is 2.02. The summed E-state index contributed by atoms with van der Waals surface area (Å²) in [6.07, 6.45) is 4.26. The molecule has 0 atom stereocenters. The SMILES string of the molecule is O=C(Nc1cccc(Cl)c1Br)c1cncnc1. The molecule has 0 saturated heterocycles. The molecule has 86 valence electrons. The maximum atomic E-state index is 11.8. The van der Waals surface area contributed by atoms with Crippen LogP contribution in [0.1, 0.15) is 10.4 Å². The molecular weight excluding hydrogens is 305 g/mol. The molecule has 0 aliphatic rings. The topological polar surface area (TPSA) is 54.9 Å². The minimum absolute atomic E-state index is 0.284. The molecule has 0 saturated carbocycles. The van der Waals surface area contributed by atoms with Crippen LogP contribution in [0.2, 0.25) is 5.02 Å². The number of nitrogens with zero attached hydrogens (tertiary/aromatic N) is 2. The zero-order valence-electron chi connectivity index (χ0n) is 8.52. The third kappa shape index (κ3) is 2.81. The van der Waals surface area contributed by atoms with E-state index in [0.717, 1.165) is 0 Å². The number of carbonyl (C=O) groups excluding carboxylic acids is 1. The summed E-state index contributed by atoms with van der Waals surface area (Å²) >= 11 is 9.22. The van der Waals surface area contributed by atoms with E-state index in [4.69, 9.17) is 11.6 Å². The van der Waals surface area contributed by atoms with Gasteiger partial charge in [-0.15, -0.1) is 0 Å². The molecule has 0 aliphatic carbocycles. The van der Waals surface area contributed by atoms with Gasteiger partial charge in [0.25, 0.3) is 5.91 Å². The Bertz CT molecular complexity index is 548. The maximum Gasteiger partial charge on any atom is 0.258 e. The van der Waals surface area contributed by atoms with Crippen LogP contribution in [0.15, 0.2) is 41.4 Å². The fourth-order valence-corrected chi connectivity index (χ4v) is 1.75. The second-order valence-corrected chi connectivity index (χ2v) is 4.38. The molecule has 1 amide bonds. The molecule has 0 fully saturated rings. The van der Waals surface area contributed by atoms with Gasteiger partial charge in [0.1, 0.15) is 6.33 Å². The summed E-state index contributed by atoms with van der Waals surface area (Å²) in [4.78, 5) is 19.4. The van der Waals surface area contributed by atoms with Crippen molar-refractivity contribution in [2.24, 2.45) is 0 Å². The molecular formula is C11H7BrClN3O. The van der Waals surface area contributed by atoms with Crippen LogP contribution in [-0.4, -0.2) is 15.9 Å². The lowest BCUT2D eigenvalue weighted by Gasteiger charge is -2.07. The van der Waals surface area contributed by atoms with Crippen molar-refractivity contribution in [2.75, 3.05) is 5.32 Å². The zero-order chi connectivity index (χ0) is 12.3. The van der Waals surface area contributed by atoms with Crippen LogP contribution < -0.4 is 5.32 Å². The molecule has 6 heteroatoms. The Labute approximate surface area is 111 Å². The van der Waals surface area contributed by atoms with Crippen molar-refractivity contribution in [1.82, 2.24) is 9.97 Å². The average molecular weight is 313 g/mol. The third-order valence-corrected chi connectivity index (χ3v) is 3.42. The number of hydrogen-bond acceptors (Lipinski definition) is 3. The number of aromatic nitrogens is 2. The van der Waals surface area contributed by atoms with Gasteiger partial charge in [-0.3, -0.25) is 4.79 Å². The normalized spacial score (nSPS) is 10.0. The van der Waals surface area contributed by atoms with E-state index in [1.54, 1.807) is 18.2 Å². The molecule has 1 N–H and O–H groups in total. The first-order chi connectivity index (χ1) is 8.18. The van der Waals surface area contributed by atoms with Crippen LogP contribution in [0.3, 0.4) is 0 Å². The summed E-state index contributed by atoms with van der Waals surface area (Å²) in [5, 5.41) is 3.25. The quantitative estimate of drug-likeness (QED) is 0.927. The Morgan fingerprint density at radius 2 is 2.00 bits per heavy atom. The van der Waals surface area contributed by atoms with Gasteiger partial charge < -0.3 is 5.32 Å². The fraction of sp³-hybridized carbons (Fsp3) is 0. The second kappa shape index (κ2) is 5.25. The molecule has 2 rings (SSSR count). The molecule has 4 nitrogen and oxygen atoms in total. The summed E-state index contributed by atoms with van der Waals surface area (Å²) in [5.74, 6) is -0.284. The highest BCUT2D eigenvalue weighted by Crippen LogP contribution is 2.30. The minimum atomic E-state index is -0.284. The molecule has 1 aromatic carbocycles. The highest BCUT2D eigenvalue weighted by atomic mass is 79.9. The van der Waals surface area contributed by atoms with Gasteiger partial charge in [-0.05, 0) is 28.1 Å². The molecule has 0 radical (unpaired) electrons. The zero-order valence-corrected chi connectivity index (χ0v) is 10.9. The van der Waals surface area contributed by atoms with Gasteiger partial charge in [0.05, 0.1) is 20.7 Å². The smallest absolute Gasteiger partial charge is 0.258 e. The lowest BCUT2D eigenvalue weighted by molar-refractivity contribution is 0.102. The van der Waals surface area contributed by atoms with Gasteiger partial charge in [0.15, 0.2) is 0 Å². The van der Waals surface area contributed by atoms with E-state index < -0.39 is 0 Å². The number of nitrogens with one attached hydrogen (secondary N) is 1. The summed E-state index contributed by atoms with van der Waals surface area (Å²) in [7, 11) is 0. The van der Waals surface area contributed by atoms with Crippen molar-refractivity contribution >= 4 is 39.1 Å². The Kier molecular flexibility index (Phi) is 3.71. The van der Waals surface area contributed by atoms with Gasteiger partial charge in [0.2, 0.25) is 0 Å². The molecule has 1 heterocycles. The molecule has 0 spiro atoms. The summed E-state index contributed by atoms with van der Waals surface area (Å²) in [6, 6.07) is 5.23. The van der Waals surface area contributed by atoms with Gasteiger partial charge in [-0.25, -0.2) is 9.97 Å². The van der Waals surface area contributed by atoms with Gasteiger partial charge >= 0.3 is 0 Å². The van der Waals surface area contributed by atoms with Crippen molar-refractivity contribution in [3.63, 3.8) is 0 Å². The predicted octanol–water partition coefficient (Wildman–Crippen LogP) is 3.14. The van der Waals surface area contributed by atoms with Crippen molar-refractivity contribution in [3.05, 3.63) is 52.0 Å². The van der Waals surface area contributed by atoms with E-state index in [1.165, 1.54) is 18.7 Å². The molecule has 2 aromatic rings.